The first-order valence-corrected chi connectivity index (χ1v) is 6.40. The molecule has 0 amide bonds. The third kappa shape index (κ3) is 7.17. The van der Waals surface area contributed by atoms with Crippen LogP contribution in [0.1, 0.15) is 20.3 Å². The Morgan fingerprint density at radius 2 is 2.00 bits per heavy atom. The van der Waals surface area contributed by atoms with Gasteiger partial charge >= 0.3 is 0 Å². The Balaban J connectivity index is 1.80. The van der Waals surface area contributed by atoms with E-state index in [4.69, 9.17) is 9.47 Å². The summed E-state index contributed by atoms with van der Waals surface area (Å²) in [6.07, 6.45) is 1.10. The average molecular weight is 230 g/mol. The van der Waals surface area contributed by atoms with E-state index in [9.17, 15) is 0 Å². The molecule has 0 saturated carbocycles. The summed E-state index contributed by atoms with van der Waals surface area (Å²) >= 11 is 0. The molecular weight excluding hydrogens is 204 g/mol. The van der Waals surface area contributed by atoms with Crippen molar-refractivity contribution < 1.29 is 9.47 Å². The maximum absolute atomic E-state index is 5.60. The van der Waals surface area contributed by atoms with Gasteiger partial charge in [-0.3, -0.25) is 4.90 Å². The Kier molecular flexibility index (Phi) is 7.76. The summed E-state index contributed by atoms with van der Waals surface area (Å²) in [6.45, 7) is 12.0. The quantitative estimate of drug-likeness (QED) is 0.623. The van der Waals surface area contributed by atoms with Crippen LogP contribution < -0.4 is 5.32 Å². The SMILES string of the molecule is CC(C)NCCCOCCN1CCOCC1. The lowest BCUT2D eigenvalue weighted by Crippen LogP contribution is -2.38. The molecule has 0 spiro atoms. The summed E-state index contributed by atoms with van der Waals surface area (Å²) in [5.41, 5.74) is 0. The van der Waals surface area contributed by atoms with Crippen molar-refractivity contribution in [1.82, 2.24) is 10.2 Å². The molecule has 0 bridgehead atoms. The van der Waals surface area contributed by atoms with Gasteiger partial charge in [0.1, 0.15) is 0 Å². The van der Waals surface area contributed by atoms with Gasteiger partial charge in [0.2, 0.25) is 0 Å². The Labute approximate surface area is 99.3 Å². The molecule has 0 aliphatic carbocycles. The maximum atomic E-state index is 5.60. The monoisotopic (exact) mass is 230 g/mol. The van der Waals surface area contributed by atoms with E-state index in [0.29, 0.717) is 6.04 Å². The molecule has 4 nitrogen and oxygen atoms in total. The van der Waals surface area contributed by atoms with Crippen LogP contribution in [0.15, 0.2) is 0 Å². The van der Waals surface area contributed by atoms with Gasteiger partial charge in [0, 0.05) is 32.3 Å². The first-order chi connectivity index (χ1) is 7.79. The minimum atomic E-state index is 0.577. The average Bonchev–Trinajstić information content (AvgIpc) is 2.29. The minimum absolute atomic E-state index is 0.577. The van der Waals surface area contributed by atoms with Crippen molar-refractivity contribution in [2.75, 3.05) is 52.6 Å². The summed E-state index contributed by atoms with van der Waals surface area (Å²) in [7, 11) is 0. The van der Waals surface area contributed by atoms with Crippen LogP contribution in [0.2, 0.25) is 0 Å². The number of nitrogens with zero attached hydrogens (tertiary/aromatic N) is 1. The van der Waals surface area contributed by atoms with Gasteiger partial charge in [0.25, 0.3) is 0 Å². The van der Waals surface area contributed by atoms with Crippen LogP contribution in [0.3, 0.4) is 0 Å². The molecule has 1 rings (SSSR count). The van der Waals surface area contributed by atoms with Gasteiger partial charge in [-0.25, -0.2) is 0 Å². The van der Waals surface area contributed by atoms with Crippen molar-refractivity contribution in [3.8, 4) is 0 Å². The van der Waals surface area contributed by atoms with Gasteiger partial charge in [-0.05, 0) is 13.0 Å². The van der Waals surface area contributed by atoms with Crippen molar-refractivity contribution in [1.29, 1.82) is 0 Å². The Morgan fingerprint density at radius 3 is 2.69 bits per heavy atom. The van der Waals surface area contributed by atoms with E-state index in [1.54, 1.807) is 0 Å². The number of hydrogen-bond acceptors (Lipinski definition) is 4. The second-order valence-corrected chi connectivity index (χ2v) is 4.53. The van der Waals surface area contributed by atoms with Crippen LogP contribution in [0.5, 0.6) is 0 Å². The second kappa shape index (κ2) is 8.93. The fourth-order valence-electron chi connectivity index (χ4n) is 1.69. The summed E-state index contributed by atoms with van der Waals surface area (Å²) < 4.78 is 10.9. The van der Waals surface area contributed by atoms with Gasteiger partial charge in [0.05, 0.1) is 19.8 Å². The number of ether oxygens (including phenoxy) is 2. The molecule has 16 heavy (non-hydrogen) atoms. The minimum Gasteiger partial charge on any atom is -0.380 e. The number of nitrogens with one attached hydrogen (secondary N) is 1. The summed E-state index contributed by atoms with van der Waals surface area (Å²) in [5, 5.41) is 3.38. The molecule has 1 saturated heterocycles. The highest BCUT2D eigenvalue weighted by molar-refractivity contribution is 4.60. The molecule has 0 unspecified atom stereocenters. The number of morpholine rings is 1. The van der Waals surface area contributed by atoms with E-state index < -0.39 is 0 Å². The molecule has 1 aliphatic heterocycles. The van der Waals surface area contributed by atoms with E-state index in [0.717, 1.165) is 59.0 Å². The van der Waals surface area contributed by atoms with Gasteiger partial charge in [-0.1, -0.05) is 13.8 Å². The molecule has 4 heteroatoms. The number of rotatable bonds is 8. The molecule has 0 radical (unpaired) electrons. The first kappa shape index (κ1) is 13.9. The smallest absolute Gasteiger partial charge is 0.0594 e. The Bertz CT molecular complexity index is 159. The summed E-state index contributed by atoms with van der Waals surface area (Å²) in [5.74, 6) is 0. The molecule has 0 atom stereocenters. The van der Waals surface area contributed by atoms with E-state index in [2.05, 4.69) is 24.1 Å². The molecule has 1 heterocycles. The van der Waals surface area contributed by atoms with Crippen LogP contribution in [-0.2, 0) is 9.47 Å². The highest BCUT2D eigenvalue weighted by Crippen LogP contribution is 1.96. The predicted molar refractivity (Wildman–Crippen MR) is 65.8 cm³/mol. The third-order valence-corrected chi connectivity index (χ3v) is 2.67. The van der Waals surface area contributed by atoms with E-state index >= 15 is 0 Å². The molecule has 96 valence electrons. The Hall–Kier alpha value is -0.160. The lowest BCUT2D eigenvalue weighted by molar-refractivity contribution is 0.0202. The van der Waals surface area contributed by atoms with Crippen molar-refractivity contribution in [2.45, 2.75) is 26.3 Å². The summed E-state index contributed by atoms with van der Waals surface area (Å²) in [4.78, 5) is 2.40. The molecule has 0 aromatic heterocycles. The topological polar surface area (TPSA) is 33.7 Å². The standard InChI is InChI=1S/C12H26N2O2/c1-12(2)13-4-3-8-15-9-5-14-6-10-16-11-7-14/h12-13H,3-11H2,1-2H3. The van der Waals surface area contributed by atoms with Crippen molar-refractivity contribution in [3.63, 3.8) is 0 Å². The van der Waals surface area contributed by atoms with Gasteiger partial charge in [0.15, 0.2) is 0 Å². The van der Waals surface area contributed by atoms with Gasteiger partial charge in [-0.15, -0.1) is 0 Å². The predicted octanol–water partition coefficient (Wildman–Crippen LogP) is 0.723. The van der Waals surface area contributed by atoms with Crippen molar-refractivity contribution in [2.24, 2.45) is 0 Å². The molecule has 1 fully saturated rings. The van der Waals surface area contributed by atoms with Gasteiger partial charge < -0.3 is 14.8 Å². The molecule has 0 aromatic rings. The zero-order valence-electron chi connectivity index (χ0n) is 10.7. The largest absolute Gasteiger partial charge is 0.380 e. The first-order valence-electron chi connectivity index (χ1n) is 6.40. The number of hydrogen-bond donors (Lipinski definition) is 1. The third-order valence-electron chi connectivity index (χ3n) is 2.67. The molecule has 1 N–H and O–H groups in total. The maximum Gasteiger partial charge on any atom is 0.0594 e. The van der Waals surface area contributed by atoms with Crippen LogP contribution in [0.25, 0.3) is 0 Å². The highest BCUT2D eigenvalue weighted by atomic mass is 16.5. The lowest BCUT2D eigenvalue weighted by Gasteiger charge is -2.26. The van der Waals surface area contributed by atoms with Crippen LogP contribution in [0.4, 0.5) is 0 Å². The fourth-order valence-corrected chi connectivity index (χ4v) is 1.69. The van der Waals surface area contributed by atoms with E-state index in [-0.39, 0.29) is 0 Å². The van der Waals surface area contributed by atoms with E-state index in [1.807, 2.05) is 0 Å². The fraction of sp³-hybridized carbons (Fsp3) is 1.00. The molecule has 0 aromatic carbocycles. The molecular formula is C12H26N2O2. The van der Waals surface area contributed by atoms with Crippen LogP contribution in [-0.4, -0.2) is 63.5 Å². The van der Waals surface area contributed by atoms with Crippen LogP contribution in [0, 0.1) is 0 Å². The lowest BCUT2D eigenvalue weighted by atomic mass is 10.3. The van der Waals surface area contributed by atoms with Gasteiger partial charge in [-0.2, -0.15) is 0 Å². The van der Waals surface area contributed by atoms with Crippen molar-refractivity contribution >= 4 is 0 Å². The van der Waals surface area contributed by atoms with Crippen molar-refractivity contribution in [3.05, 3.63) is 0 Å². The van der Waals surface area contributed by atoms with E-state index in [1.165, 1.54) is 0 Å². The zero-order valence-corrected chi connectivity index (χ0v) is 10.7. The van der Waals surface area contributed by atoms with Crippen LogP contribution >= 0.6 is 0 Å². The zero-order chi connectivity index (χ0) is 11.6. The second-order valence-electron chi connectivity index (χ2n) is 4.53. The molecule has 1 aliphatic rings. The highest BCUT2D eigenvalue weighted by Gasteiger charge is 2.08. The summed E-state index contributed by atoms with van der Waals surface area (Å²) in [6, 6.07) is 0.577. The normalized spacial score (nSPS) is 18.2. The Morgan fingerprint density at radius 1 is 1.25 bits per heavy atom.